The molecule has 3 fully saturated rings. The van der Waals surface area contributed by atoms with Crippen molar-refractivity contribution in [3.8, 4) is 57.5 Å². The zero-order valence-electron chi connectivity index (χ0n) is 45.6. The van der Waals surface area contributed by atoms with E-state index in [0.717, 1.165) is 36.0 Å². The summed E-state index contributed by atoms with van der Waals surface area (Å²) in [5, 5.41) is 26.6. The molecular weight excluding hydrogens is 1040 g/mol. The second-order valence-electron chi connectivity index (χ2n) is 18.4. The van der Waals surface area contributed by atoms with Gasteiger partial charge in [0.15, 0.2) is 34.5 Å². The van der Waals surface area contributed by atoms with Crippen molar-refractivity contribution < 1.29 is 77.2 Å². The largest absolute Gasteiger partial charge is 0.493 e. The van der Waals surface area contributed by atoms with Crippen LogP contribution in [0, 0.1) is 23.6 Å². The van der Waals surface area contributed by atoms with Gasteiger partial charge in [0, 0.05) is 53.4 Å². The Hall–Kier alpha value is -8.91. The predicted molar refractivity (Wildman–Crippen MR) is 288 cm³/mol. The first-order chi connectivity index (χ1) is 38.6. The van der Waals surface area contributed by atoms with Gasteiger partial charge in [0.1, 0.15) is 23.9 Å². The number of likely N-dealkylation sites (tertiary alicyclic amines) is 3. The first-order valence-corrected chi connectivity index (χ1v) is 25.4. The molecule has 6 amide bonds. The van der Waals surface area contributed by atoms with Gasteiger partial charge < -0.3 is 43.1 Å². The lowest BCUT2D eigenvalue weighted by Gasteiger charge is -2.46. The van der Waals surface area contributed by atoms with E-state index in [1.165, 1.54) is 67.4 Å². The van der Waals surface area contributed by atoms with Crippen molar-refractivity contribution in [2.45, 2.75) is 64.1 Å². The second kappa shape index (κ2) is 28.1. The molecule has 0 radical (unpaired) electrons. The lowest BCUT2D eigenvalue weighted by molar-refractivity contribution is -0.141. The molecule has 3 heterocycles. The average molecular weight is 1110 g/mol. The van der Waals surface area contributed by atoms with Gasteiger partial charge in [-0.15, -0.1) is 0 Å². The van der Waals surface area contributed by atoms with Crippen molar-refractivity contribution in [1.82, 2.24) is 31.1 Å². The van der Waals surface area contributed by atoms with E-state index >= 15 is 0 Å². The molecule has 3 aliphatic heterocycles. The second-order valence-corrected chi connectivity index (χ2v) is 18.4. The van der Waals surface area contributed by atoms with Crippen LogP contribution in [0.15, 0.2) is 91.0 Å². The molecule has 2 unspecified atom stereocenters. The number of carbonyl (C=O) groups excluding carboxylic acids is 6. The first kappa shape index (κ1) is 60.3. The Balaban J connectivity index is 0.000000194. The quantitative estimate of drug-likeness (QED) is 0.0372. The Morgan fingerprint density at radius 1 is 0.575 bits per heavy atom. The molecule has 80 heavy (non-hydrogen) atoms. The third-order valence-corrected chi connectivity index (χ3v) is 13.8. The van der Waals surface area contributed by atoms with Gasteiger partial charge in [-0.2, -0.15) is 0 Å². The van der Waals surface area contributed by atoms with E-state index in [1.807, 2.05) is 44.2 Å². The molecule has 5 aromatic rings. The van der Waals surface area contributed by atoms with Crippen molar-refractivity contribution in [3.05, 3.63) is 130 Å². The maximum Gasteiger partial charge on any atom is 0.266 e. The minimum absolute atomic E-state index is 0.0476. The molecule has 6 N–H and O–H groups in total. The number of ether oxygens (including phenoxy) is 6. The zero-order chi connectivity index (χ0) is 58.2. The van der Waals surface area contributed by atoms with Gasteiger partial charge >= 0.3 is 0 Å². The molecule has 3 saturated heterocycles. The standard InChI is InChI=1S/C21H19FN2O5.C19H20N2O5.C18H26N2O5/c1-28-18-12-15(21(26)24-9-8-17(24)20(25)23-27)11-14(19(18)29-2)7-6-13-4-3-5-16(22)10-13;1-25-16-11-13(19(23)21-9-8-15(21)18(22)20-24)10-14(17(16)26-2)12-6-4-3-5-7-12;1-5-7-12-8-13(9-14(24-3)16(12)25-4)18(22)20-10-11(6-2)15(20)17(21)19-23/h3-5,10-12,17,27H,8-9H2,1-2H3,(H,23,25);3-7,10-11,15,24H,8-9H2,1-2H3,(H,20,22);8-9,11,15,23H,5-7,10H2,1-4H3,(H,19,21)/t;;11-,15-/m..0/s1. The first-order valence-electron chi connectivity index (χ1n) is 25.4. The van der Waals surface area contributed by atoms with Crippen molar-refractivity contribution in [2.75, 3.05) is 62.3 Å². The smallest absolute Gasteiger partial charge is 0.266 e. The van der Waals surface area contributed by atoms with Crippen LogP contribution in [-0.2, 0) is 20.8 Å². The fourth-order valence-electron chi connectivity index (χ4n) is 9.45. The van der Waals surface area contributed by atoms with Crippen LogP contribution < -0.4 is 44.9 Å². The van der Waals surface area contributed by atoms with Gasteiger partial charge in [-0.05, 0) is 91.4 Å². The Morgan fingerprint density at radius 2 is 1.09 bits per heavy atom. The Kier molecular flexibility index (Phi) is 21.2. The summed E-state index contributed by atoms with van der Waals surface area (Å²) in [6, 6.07) is 23.1. The molecule has 22 heteroatoms. The van der Waals surface area contributed by atoms with Crippen LogP contribution in [0.25, 0.3) is 11.1 Å². The fourth-order valence-corrected chi connectivity index (χ4v) is 9.45. The number of hydrogen-bond donors (Lipinski definition) is 6. The van der Waals surface area contributed by atoms with Crippen LogP contribution in [-0.4, -0.2) is 146 Å². The molecule has 0 saturated carbocycles. The number of benzene rings is 5. The third-order valence-electron chi connectivity index (χ3n) is 13.8. The normalized spacial score (nSPS) is 16.5. The Bertz CT molecular complexity index is 3130. The summed E-state index contributed by atoms with van der Waals surface area (Å²) in [5.41, 5.74) is 9.26. The van der Waals surface area contributed by atoms with Gasteiger partial charge in [-0.25, -0.2) is 20.8 Å². The lowest BCUT2D eigenvalue weighted by Crippen LogP contribution is -2.64. The molecule has 0 bridgehead atoms. The summed E-state index contributed by atoms with van der Waals surface area (Å²) >= 11 is 0. The number of rotatable bonds is 16. The van der Waals surface area contributed by atoms with E-state index < -0.39 is 47.6 Å². The van der Waals surface area contributed by atoms with Crippen LogP contribution in [0.4, 0.5) is 4.39 Å². The molecule has 424 valence electrons. The van der Waals surface area contributed by atoms with Crippen LogP contribution in [0.1, 0.15) is 87.3 Å². The van der Waals surface area contributed by atoms with Gasteiger partial charge in [0.05, 0.1) is 48.2 Å². The topological polar surface area (TPSA) is 264 Å². The Morgan fingerprint density at radius 3 is 1.56 bits per heavy atom. The third kappa shape index (κ3) is 13.3. The highest BCUT2D eigenvalue weighted by Crippen LogP contribution is 2.41. The van der Waals surface area contributed by atoms with Crippen molar-refractivity contribution in [3.63, 3.8) is 0 Å². The number of nitrogens with zero attached hydrogens (tertiary/aromatic N) is 3. The van der Waals surface area contributed by atoms with E-state index in [9.17, 15) is 33.2 Å². The number of aryl methyl sites for hydroxylation is 1. The molecule has 4 atom stereocenters. The molecule has 0 spiro atoms. The summed E-state index contributed by atoms with van der Waals surface area (Å²) in [6.45, 7) is 5.33. The predicted octanol–water partition coefficient (Wildman–Crippen LogP) is 6.07. The Labute approximate surface area is 462 Å². The molecule has 8 rings (SSSR count). The van der Waals surface area contributed by atoms with Crippen LogP contribution in [0.2, 0.25) is 0 Å². The van der Waals surface area contributed by atoms with Crippen LogP contribution >= 0.6 is 0 Å². The van der Waals surface area contributed by atoms with Gasteiger partial charge in [0.2, 0.25) is 0 Å². The summed E-state index contributed by atoms with van der Waals surface area (Å²) < 4.78 is 45.7. The maximum absolute atomic E-state index is 13.4. The number of halogens is 1. The van der Waals surface area contributed by atoms with E-state index in [4.69, 9.17) is 44.0 Å². The number of hydrogen-bond acceptors (Lipinski definition) is 15. The molecular formula is C58H65FN6O15. The van der Waals surface area contributed by atoms with Crippen LogP contribution in [0.3, 0.4) is 0 Å². The number of methoxy groups -OCH3 is 6. The molecule has 0 aromatic heterocycles. The van der Waals surface area contributed by atoms with Crippen molar-refractivity contribution >= 4 is 35.4 Å². The highest BCUT2D eigenvalue weighted by Gasteiger charge is 2.46. The average Bonchev–Trinajstić information content (AvgIpc) is 3.59. The minimum Gasteiger partial charge on any atom is -0.493 e. The fraction of sp³-hybridized carbons (Fsp3) is 0.345. The van der Waals surface area contributed by atoms with Crippen LogP contribution in [0.5, 0.6) is 34.5 Å². The molecule has 0 aliphatic carbocycles. The summed E-state index contributed by atoms with van der Waals surface area (Å²) in [4.78, 5) is 78.1. The van der Waals surface area contributed by atoms with E-state index in [-0.39, 0.29) is 23.3 Å². The van der Waals surface area contributed by atoms with E-state index in [2.05, 4.69) is 11.8 Å². The number of carbonyl (C=O) groups is 6. The number of hydroxylamine groups is 3. The number of nitrogens with one attached hydrogen (secondary N) is 3. The maximum atomic E-state index is 13.4. The van der Waals surface area contributed by atoms with E-state index in [1.54, 1.807) is 67.1 Å². The van der Waals surface area contributed by atoms with Gasteiger partial charge in [-0.3, -0.25) is 44.4 Å². The number of amides is 6. The monoisotopic (exact) mass is 1100 g/mol. The molecule has 5 aromatic carbocycles. The van der Waals surface area contributed by atoms with Crippen molar-refractivity contribution in [2.24, 2.45) is 5.92 Å². The summed E-state index contributed by atoms with van der Waals surface area (Å²) in [7, 11) is 9.03. The SMILES string of the molecule is CCCc1cc(C(=O)N2C[C@H](CC)[C@H]2C(=O)NO)cc(OC)c1OC.COc1cc(C(=O)N2CCC2C(=O)NO)cc(-c2ccccc2)c1OC.COc1cc(C(=O)N2CCC2C(=O)NO)cc(C#Cc2cccc(F)c2)c1OC. The molecule has 21 nitrogen and oxygen atoms in total. The zero-order valence-corrected chi connectivity index (χ0v) is 45.6. The highest BCUT2D eigenvalue weighted by molar-refractivity contribution is 6.02. The van der Waals surface area contributed by atoms with Crippen molar-refractivity contribution in [1.29, 1.82) is 0 Å². The lowest BCUT2D eigenvalue weighted by atomic mass is 9.85. The summed E-state index contributed by atoms with van der Waals surface area (Å²) in [5.74, 6) is 5.33. The summed E-state index contributed by atoms with van der Waals surface area (Å²) in [6.07, 6.45) is 3.37. The molecule has 3 aliphatic rings. The highest BCUT2D eigenvalue weighted by atomic mass is 19.1. The minimum atomic E-state index is -0.734. The van der Waals surface area contributed by atoms with Gasteiger partial charge in [0.25, 0.3) is 35.4 Å². The van der Waals surface area contributed by atoms with E-state index in [0.29, 0.717) is 89.2 Å². The van der Waals surface area contributed by atoms with Gasteiger partial charge in [-0.1, -0.05) is 68.5 Å².